The van der Waals surface area contributed by atoms with Crippen LogP contribution in [0.3, 0.4) is 0 Å². The van der Waals surface area contributed by atoms with Crippen molar-refractivity contribution >= 4 is 22.1 Å². The SMILES string of the molecule is Cn1c(=O)n(C2CCC(O)CC2)c2c3nc(-c4cn[nH]c4)ccc3ncc21. The van der Waals surface area contributed by atoms with Gasteiger partial charge >= 0.3 is 5.69 Å². The topological polar surface area (TPSA) is 102 Å². The number of nitrogens with zero attached hydrogens (tertiary/aromatic N) is 5. The van der Waals surface area contributed by atoms with E-state index in [-0.39, 0.29) is 17.8 Å². The number of imidazole rings is 1. The molecule has 1 aliphatic rings. The van der Waals surface area contributed by atoms with Crippen molar-refractivity contribution < 1.29 is 5.11 Å². The molecular formula is C19H20N6O2. The van der Waals surface area contributed by atoms with E-state index in [1.54, 1.807) is 30.2 Å². The van der Waals surface area contributed by atoms with Gasteiger partial charge in [0, 0.05) is 24.8 Å². The minimum absolute atomic E-state index is 0.0591. The number of H-pyrrole nitrogens is 1. The Morgan fingerprint density at radius 3 is 2.74 bits per heavy atom. The van der Waals surface area contributed by atoms with Crippen LogP contribution in [0, 0.1) is 0 Å². The maximum Gasteiger partial charge on any atom is 0.329 e. The zero-order valence-electron chi connectivity index (χ0n) is 15.0. The lowest BCUT2D eigenvalue weighted by atomic mass is 9.93. The van der Waals surface area contributed by atoms with Crippen LogP contribution in [0.5, 0.6) is 0 Å². The Morgan fingerprint density at radius 2 is 2.00 bits per heavy atom. The Hall–Kier alpha value is -3.00. The highest BCUT2D eigenvalue weighted by Gasteiger charge is 2.26. The molecule has 4 heterocycles. The second kappa shape index (κ2) is 6.02. The summed E-state index contributed by atoms with van der Waals surface area (Å²) in [4.78, 5) is 22.4. The molecule has 1 saturated carbocycles. The van der Waals surface area contributed by atoms with Gasteiger partial charge < -0.3 is 5.11 Å². The second-order valence-corrected chi connectivity index (χ2v) is 7.22. The number of aromatic nitrogens is 6. The predicted octanol–water partition coefficient (Wildman–Crippen LogP) is 2.15. The highest BCUT2D eigenvalue weighted by molar-refractivity contribution is 6.00. The molecule has 1 aliphatic carbocycles. The van der Waals surface area contributed by atoms with Crippen LogP contribution in [0.2, 0.25) is 0 Å². The molecule has 8 nitrogen and oxygen atoms in total. The molecule has 27 heavy (non-hydrogen) atoms. The van der Waals surface area contributed by atoms with E-state index in [9.17, 15) is 9.90 Å². The lowest BCUT2D eigenvalue weighted by molar-refractivity contribution is 0.111. The van der Waals surface area contributed by atoms with Gasteiger partial charge in [-0.15, -0.1) is 0 Å². The molecule has 1 fully saturated rings. The maximum absolute atomic E-state index is 13.0. The third-order valence-electron chi connectivity index (χ3n) is 5.59. The van der Waals surface area contributed by atoms with E-state index >= 15 is 0 Å². The van der Waals surface area contributed by atoms with Gasteiger partial charge in [0.25, 0.3) is 0 Å². The molecule has 0 aromatic carbocycles. The molecule has 0 aliphatic heterocycles. The van der Waals surface area contributed by atoms with Gasteiger partial charge in [-0.1, -0.05) is 0 Å². The number of pyridine rings is 2. The van der Waals surface area contributed by atoms with Crippen LogP contribution in [0.4, 0.5) is 0 Å². The number of rotatable bonds is 2. The summed E-state index contributed by atoms with van der Waals surface area (Å²) in [6.07, 6.45) is 7.98. The maximum atomic E-state index is 13.0. The van der Waals surface area contributed by atoms with E-state index in [0.717, 1.165) is 46.2 Å². The van der Waals surface area contributed by atoms with Crippen LogP contribution in [-0.4, -0.2) is 40.5 Å². The average Bonchev–Trinajstić information content (AvgIpc) is 3.31. The molecule has 0 unspecified atom stereocenters. The molecule has 0 bridgehead atoms. The molecule has 138 valence electrons. The summed E-state index contributed by atoms with van der Waals surface area (Å²) >= 11 is 0. The van der Waals surface area contributed by atoms with E-state index in [2.05, 4.69) is 15.2 Å². The van der Waals surface area contributed by atoms with Crippen molar-refractivity contribution in [3.8, 4) is 11.3 Å². The zero-order valence-corrected chi connectivity index (χ0v) is 15.0. The van der Waals surface area contributed by atoms with E-state index in [4.69, 9.17) is 4.98 Å². The molecule has 0 amide bonds. The molecule has 8 heteroatoms. The molecule has 0 atom stereocenters. The van der Waals surface area contributed by atoms with Gasteiger partial charge in [0.15, 0.2) is 0 Å². The standard InChI is InChI=1S/C19H20N6O2/c1-24-16-10-20-15-7-6-14(11-8-21-22-9-11)23-17(15)18(16)25(19(24)27)12-2-4-13(26)5-3-12/h6-10,12-13,26H,2-5H2,1H3,(H,21,22). The van der Waals surface area contributed by atoms with E-state index in [0.29, 0.717) is 12.8 Å². The molecule has 0 saturated heterocycles. The van der Waals surface area contributed by atoms with Crippen molar-refractivity contribution in [2.24, 2.45) is 7.05 Å². The number of hydrogen-bond donors (Lipinski definition) is 2. The molecule has 4 aromatic heterocycles. The summed E-state index contributed by atoms with van der Waals surface area (Å²) in [6, 6.07) is 3.90. The Balaban J connectivity index is 1.79. The van der Waals surface area contributed by atoms with Crippen LogP contribution in [0.15, 0.2) is 35.5 Å². The smallest absolute Gasteiger partial charge is 0.329 e. The number of aromatic amines is 1. The van der Waals surface area contributed by atoms with Gasteiger partial charge in [-0.25, -0.2) is 9.78 Å². The molecule has 5 rings (SSSR count). The van der Waals surface area contributed by atoms with Crippen molar-refractivity contribution in [1.82, 2.24) is 29.3 Å². The monoisotopic (exact) mass is 364 g/mol. The van der Waals surface area contributed by atoms with Gasteiger partial charge in [-0.3, -0.25) is 19.2 Å². The molecule has 0 radical (unpaired) electrons. The number of hydrogen-bond acceptors (Lipinski definition) is 5. The zero-order chi connectivity index (χ0) is 18.5. The summed E-state index contributed by atoms with van der Waals surface area (Å²) in [5.41, 5.74) is 4.68. The third kappa shape index (κ3) is 2.48. The van der Waals surface area contributed by atoms with Crippen molar-refractivity contribution in [3.05, 3.63) is 41.2 Å². The highest BCUT2D eigenvalue weighted by Crippen LogP contribution is 2.32. The van der Waals surface area contributed by atoms with Crippen LogP contribution in [0.1, 0.15) is 31.7 Å². The van der Waals surface area contributed by atoms with Gasteiger partial charge in [0.05, 0.1) is 40.7 Å². The fourth-order valence-corrected chi connectivity index (χ4v) is 4.09. The van der Waals surface area contributed by atoms with Crippen LogP contribution < -0.4 is 5.69 Å². The van der Waals surface area contributed by atoms with E-state index in [1.807, 2.05) is 16.7 Å². The number of nitrogens with one attached hydrogen (secondary N) is 1. The first kappa shape index (κ1) is 16.2. The van der Waals surface area contributed by atoms with Crippen molar-refractivity contribution in [2.45, 2.75) is 37.8 Å². The van der Waals surface area contributed by atoms with Crippen LogP contribution in [-0.2, 0) is 7.05 Å². The lowest BCUT2D eigenvalue weighted by Gasteiger charge is -2.26. The number of aryl methyl sites for hydroxylation is 1. The first-order valence-electron chi connectivity index (χ1n) is 9.17. The predicted molar refractivity (Wildman–Crippen MR) is 101 cm³/mol. The fraction of sp³-hybridized carbons (Fsp3) is 0.368. The van der Waals surface area contributed by atoms with Crippen LogP contribution >= 0.6 is 0 Å². The number of fused-ring (bicyclic) bond motifs is 3. The summed E-state index contributed by atoms with van der Waals surface area (Å²) in [5.74, 6) is 0. The summed E-state index contributed by atoms with van der Waals surface area (Å²) in [5, 5.41) is 16.7. The lowest BCUT2D eigenvalue weighted by Crippen LogP contribution is -2.29. The Bertz CT molecular complexity index is 1180. The van der Waals surface area contributed by atoms with E-state index in [1.165, 1.54) is 0 Å². The summed E-state index contributed by atoms with van der Waals surface area (Å²) in [6.45, 7) is 0. The Labute approximate surface area is 154 Å². The summed E-state index contributed by atoms with van der Waals surface area (Å²) < 4.78 is 3.50. The van der Waals surface area contributed by atoms with Crippen molar-refractivity contribution in [1.29, 1.82) is 0 Å². The number of aliphatic hydroxyl groups is 1. The highest BCUT2D eigenvalue weighted by atomic mass is 16.3. The Morgan fingerprint density at radius 1 is 1.19 bits per heavy atom. The number of aliphatic hydroxyl groups excluding tert-OH is 1. The fourth-order valence-electron chi connectivity index (χ4n) is 4.09. The summed E-state index contributed by atoms with van der Waals surface area (Å²) in [7, 11) is 1.77. The second-order valence-electron chi connectivity index (χ2n) is 7.22. The van der Waals surface area contributed by atoms with Gasteiger partial charge in [0.1, 0.15) is 5.52 Å². The molecule has 4 aromatic rings. The molecular weight excluding hydrogens is 344 g/mol. The first-order valence-corrected chi connectivity index (χ1v) is 9.17. The van der Waals surface area contributed by atoms with E-state index < -0.39 is 0 Å². The average molecular weight is 364 g/mol. The Kier molecular flexibility index (Phi) is 3.61. The quantitative estimate of drug-likeness (QED) is 0.567. The van der Waals surface area contributed by atoms with Gasteiger partial charge in [-0.05, 0) is 37.8 Å². The molecule has 0 spiro atoms. The third-order valence-corrected chi connectivity index (χ3v) is 5.59. The van der Waals surface area contributed by atoms with Crippen molar-refractivity contribution in [3.63, 3.8) is 0 Å². The first-order chi connectivity index (χ1) is 13.1. The van der Waals surface area contributed by atoms with Gasteiger partial charge in [-0.2, -0.15) is 5.10 Å². The van der Waals surface area contributed by atoms with Gasteiger partial charge in [0.2, 0.25) is 0 Å². The van der Waals surface area contributed by atoms with Crippen molar-refractivity contribution in [2.75, 3.05) is 0 Å². The minimum atomic E-state index is -0.267. The largest absolute Gasteiger partial charge is 0.393 e. The normalized spacial score (nSPS) is 20.5. The van der Waals surface area contributed by atoms with Crippen LogP contribution in [0.25, 0.3) is 33.3 Å². The minimum Gasteiger partial charge on any atom is -0.393 e. The molecule has 2 N–H and O–H groups in total.